The molecule has 1 aliphatic heterocycles. The van der Waals surface area contributed by atoms with Crippen LogP contribution >= 0.6 is 0 Å². The molecule has 3 atom stereocenters. The van der Waals surface area contributed by atoms with Crippen molar-refractivity contribution < 1.29 is 76.4 Å². The second kappa shape index (κ2) is 37.4. The zero-order valence-electron chi connectivity index (χ0n) is 61.5. The zero-order valence-corrected chi connectivity index (χ0v) is 61.5. The molecule has 0 spiro atoms. The van der Waals surface area contributed by atoms with E-state index in [1.807, 2.05) is 62.1 Å². The van der Waals surface area contributed by atoms with Crippen LogP contribution < -0.4 is 26.6 Å². The molecule has 1 heterocycles. The van der Waals surface area contributed by atoms with Crippen LogP contribution in [0.25, 0.3) is 10.8 Å². The molecule has 0 bridgehead atoms. The number of urea groups is 1. The summed E-state index contributed by atoms with van der Waals surface area (Å²) in [6.45, 7) is 34.7. The molecule has 546 valence electrons. The number of ether oxygens (including phenoxy) is 6. The minimum absolute atomic E-state index is 0.00250. The fourth-order valence-electron chi connectivity index (χ4n) is 10.2. The third-order valence-corrected chi connectivity index (χ3v) is 14.5. The van der Waals surface area contributed by atoms with Gasteiger partial charge >= 0.3 is 41.8 Å². The van der Waals surface area contributed by atoms with Crippen LogP contribution in [0.2, 0.25) is 0 Å². The topological polar surface area (TPSA) is 299 Å². The number of hydrogen-bond donors (Lipinski definition) is 5. The van der Waals surface area contributed by atoms with Crippen molar-refractivity contribution in [1.29, 1.82) is 0 Å². The van der Waals surface area contributed by atoms with Gasteiger partial charge in [-0.3, -0.25) is 53.2 Å². The molecule has 4 rings (SSSR count). The molecule has 1 saturated heterocycles. The van der Waals surface area contributed by atoms with Crippen LogP contribution in [-0.4, -0.2) is 216 Å². The van der Waals surface area contributed by atoms with Gasteiger partial charge in [0.15, 0.2) is 0 Å². The smallest absolute Gasteiger partial charge is 0.329 e. The minimum atomic E-state index is -1.27. The van der Waals surface area contributed by atoms with Gasteiger partial charge in [-0.05, 0) is 184 Å². The van der Waals surface area contributed by atoms with Crippen molar-refractivity contribution in [2.45, 2.75) is 221 Å². The molecule has 3 aromatic carbocycles. The first-order chi connectivity index (χ1) is 45.3. The molecular formula is C73H113N9O16. The summed E-state index contributed by atoms with van der Waals surface area (Å²) in [6.07, 6.45) is 0.545. The van der Waals surface area contributed by atoms with Gasteiger partial charge in [0, 0.05) is 83.9 Å². The van der Waals surface area contributed by atoms with Gasteiger partial charge < -0.3 is 55.0 Å². The molecule has 0 aliphatic carbocycles. The molecule has 3 aromatic rings. The van der Waals surface area contributed by atoms with E-state index in [-0.39, 0.29) is 76.4 Å². The number of hydrogen-bond acceptors (Lipinski definition) is 20. The van der Waals surface area contributed by atoms with Crippen molar-refractivity contribution in [1.82, 2.24) is 46.2 Å². The lowest BCUT2D eigenvalue weighted by Crippen LogP contribution is -2.53. The van der Waals surface area contributed by atoms with Crippen molar-refractivity contribution in [3.05, 3.63) is 83.4 Å². The van der Waals surface area contributed by atoms with Crippen LogP contribution in [0.3, 0.4) is 0 Å². The molecule has 1 fully saturated rings. The maximum absolute atomic E-state index is 14.2. The largest absolute Gasteiger partial charge is 0.460 e. The summed E-state index contributed by atoms with van der Waals surface area (Å²) in [4.78, 5) is 143. The van der Waals surface area contributed by atoms with E-state index in [1.54, 1.807) is 149 Å². The quantitative estimate of drug-likeness (QED) is 0.0287. The van der Waals surface area contributed by atoms with E-state index in [2.05, 4.69) is 26.6 Å². The SMILES string of the molecule is CC(C)(C)OC(=O)CC[C@H](NC(=O)N[C@@H](CCCCNC(=O)[C@H](Cc1ccc2ccccc2c1)NC(=O)c1ccc(CNC(=O)CN2CCN(CC(=O)OC(C)(C)C)CCN(CC(=O)OC(C)(C)C)CCN(CC(=O)OC(C)(C)C)CC2)cc1)C(=O)OC(C)(C)C)C(=O)OC(C)(C)C. The molecule has 0 aromatic heterocycles. The van der Waals surface area contributed by atoms with E-state index in [4.69, 9.17) is 28.4 Å². The number of unbranched alkanes of at least 4 members (excludes halogenated alkanes) is 1. The molecule has 5 N–H and O–H groups in total. The average molecular weight is 1370 g/mol. The van der Waals surface area contributed by atoms with Crippen LogP contribution in [0.15, 0.2) is 66.7 Å². The third-order valence-electron chi connectivity index (χ3n) is 14.5. The van der Waals surface area contributed by atoms with Crippen molar-refractivity contribution >= 4 is 70.3 Å². The monoisotopic (exact) mass is 1370 g/mol. The van der Waals surface area contributed by atoms with Crippen molar-refractivity contribution in [3.8, 4) is 0 Å². The summed E-state index contributed by atoms with van der Waals surface area (Å²) in [5.74, 6) is -4.56. The lowest BCUT2D eigenvalue weighted by atomic mass is 10.0. The van der Waals surface area contributed by atoms with Crippen molar-refractivity contribution in [2.24, 2.45) is 0 Å². The highest BCUT2D eigenvalue weighted by molar-refractivity contribution is 5.98. The van der Waals surface area contributed by atoms with Crippen molar-refractivity contribution in [2.75, 3.05) is 85.1 Å². The highest BCUT2D eigenvalue weighted by atomic mass is 16.6. The van der Waals surface area contributed by atoms with E-state index in [0.717, 1.165) is 16.3 Å². The highest BCUT2D eigenvalue weighted by Gasteiger charge is 2.33. The van der Waals surface area contributed by atoms with Gasteiger partial charge in [0.05, 0.1) is 26.2 Å². The Hall–Kier alpha value is -7.74. The first-order valence-electron chi connectivity index (χ1n) is 34.1. The highest BCUT2D eigenvalue weighted by Crippen LogP contribution is 2.20. The Morgan fingerprint density at radius 1 is 0.408 bits per heavy atom. The van der Waals surface area contributed by atoms with Gasteiger partial charge in [-0.1, -0.05) is 54.6 Å². The fourth-order valence-corrected chi connectivity index (χ4v) is 10.2. The maximum Gasteiger partial charge on any atom is 0.329 e. The predicted octanol–water partition coefficient (Wildman–Crippen LogP) is 7.17. The van der Waals surface area contributed by atoms with Gasteiger partial charge in [0.1, 0.15) is 51.7 Å². The molecule has 25 nitrogen and oxygen atoms in total. The lowest BCUT2D eigenvalue weighted by molar-refractivity contribution is -0.159. The first kappa shape index (κ1) is 82.7. The van der Waals surface area contributed by atoms with Gasteiger partial charge in [-0.25, -0.2) is 14.4 Å². The van der Waals surface area contributed by atoms with E-state index < -0.39 is 105 Å². The summed E-state index contributed by atoms with van der Waals surface area (Å²) >= 11 is 0. The average Bonchev–Trinajstić information content (AvgIpc) is 0.835. The van der Waals surface area contributed by atoms with Crippen LogP contribution in [0, 0.1) is 0 Å². The predicted molar refractivity (Wildman–Crippen MR) is 373 cm³/mol. The summed E-state index contributed by atoms with van der Waals surface area (Å²) in [6, 6.07) is 15.9. The number of benzene rings is 3. The van der Waals surface area contributed by atoms with Crippen LogP contribution in [0.1, 0.15) is 178 Å². The Labute approximate surface area is 580 Å². The number of carbonyl (C=O) groups excluding carboxylic acids is 10. The Morgan fingerprint density at radius 3 is 1.24 bits per heavy atom. The third kappa shape index (κ3) is 35.2. The van der Waals surface area contributed by atoms with Crippen molar-refractivity contribution in [3.63, 3.8) is 0 Å². The molecule has 98 heavy (non-hydrogen) atoms. The number of amides is 5. The summed E-state index contributed by atoms with van der Waals surface area (Å²) in [7, 11) is 0. The number of esters is 6. The Morgan fingerprint density at radius 2 is 0.806 bits per heavy atom. The minimum Gasteiger partial charge on any atom is -0.460 e. The second-order valence-corrected chi connectivity index (χ2v) is 31.0. The van der Waals surface area contributed by atoms with E-state index in [9.17, 15) is 47.9 Å². The van der Waals surface area contributed by atoms with E-state index >= 15 is 0 Å². The normalized spacial score (nSPS) is 15.5. The van der Waals surface area contributed by atoms with Gasteiger partial charge in [-0.2, -0.15) is 0 Å². The van der Waals surface area contributed by atoms with Gasteiger partial charge in [0.2, 0.25) is 11.8 Å². The van der Waals surface area contributed by atoms with E-state index in [1.165, 1.54) is 0 Å². The maximum atomic E-state index is 14.2. The molecule has 25 heteroatoms. The molecule has 0 saturated carbocycles. The Kier molecular flexibility index (Phi) is 31.6. The number of carbonyl (C=O) groups is 10. The Balaban J connectivity index is 1.46. The van der Waals surface area contributed by atoms with Crippen LogP contribution in [0.5, 0.6) is 0 Å². The molecular weight excluding hydrogens is 1260 g/mol. The number of fused-ring (bicyclic) bond motifs is 1. The van der Waals surface area contributed by atoms with Gasteiger partial charge in [0.25, 0.3) is 5.91 Å². The molecule has 0 unspecified atom stereocenters. The Bertz CT molecular complexity index is 3100. The number of nitrogens with zero attached hydrogens (tertiary/aromatic N) is 4. The number of rotatable bonds is 27. The summed E-state index contributed by atoms with van der Waals surface area (Å²) < 4.78 is 33.7. The van der Waals surface area contributed by atoms with Crippen LogP contribution in [0.4, 0.5) is 4.79 Å². The molecule has 0 radical (unpaired) electrons. The van der Waals surface area contributed by atoms with Gasteiger partial charge in [-0.15, -0.1) is 0 Å². The molecule has 5 amide bonds. The summed E-state index contributed by atoms with van der Waals surface area (Å²) in [5.41, 5.74) is -2.97. The first-order valence-corrected chi connectivity index (χ1v) is 34.1. The summed E-state index contributed by atoms with van der Waals surface area (Å²) in [5, 5.41) is 16.0. The standard InChI is InChI=1S/C73H113N9O16/c1-68(2,3)93-59(84)33-32-56(66(91)98-73(16,17)18)78-67(92)77-55(65(90)97-72(13,14)15)25-21-22-34-74-64(89)57(44-51-28-29-52-23-19-20-24-54(52)43-51)76-63(88)53-30-26-50(27-31-53)45-75-58(83)46-79-35-37-80(47-60(85)94-69(4,5)6)39-41-82(49-62(87)96-71(10,11)12)42-40-81(38-36-79)48-61(86)95-70(7,8)9/h19-20,23-24,26-31,43,55-57H,21-22,25,32-42,44-49H2,1-18H3,(H,74,89)(H,75,83)(H,76,88)(H2,77,78,92)/t55-,56-,57-/m0/s1. The lowest BCUT2D eigenvalue weighted by Gasteiger charge is -2.34. The van der Waals surface area contributed by atoms with Crippen LogP contribution in [-0.2, 0) is 79.7 Å². The van der Waals surface area contributed by atoms with E-state index in [0.29, 0.717) is 70.8 Å². The molecule has 1 aliphatic rings. The zero-order chi connectivity index (χ0) is 73.4. The second-order valence-electron chi connectivity index (χ2n) is 31.0. The fraction of sp³-hybridized carbons (Fsp3) is 0.644. The number of nitrogens with one attached hydrogen (secondary N) is 5.